The third kappa shape index (κ3) is 5.10. The predicted octanol–water partition coefficient (Wildman–Crippen LogP) is 6.75. The third-order valence-electron chi connectivity index (χ3n) is 3.79. The van der Waals surface area contributed by atoms with Crippen LogP contribution in [-0.2, 0) is 7.05 Å². The zero-order chi connectivity index (χ0) is 21.7. The van der Waals surface area contributed by atoms with Crippen molar-refractivity contribution < 1.29 is 18.0 Å². The predicted molar refractivity (Wildman–Crippen MR) is 109 cm³/mol. The SMILES string of the molecule is CC.Cn1cc(C(=O)Nc2c(F)cccc2-c2ccc(Cl)c(Cl)c2)c(C(F)F)n1. The first-order valence-electron chi connectivity index (χ1n) is 8.65. The van der Waals surface area contributed by atoms with E-state index in [0.717, 1.165) is 16.9 Å². The van der Waals surface area contributed by atoms with Gasteiger partial charge in [-0.2, -0.15) is 5.10 Å². The van der Waals surface area contributed by atoms with Crippen LogP contribution in [0.15, 0.2) is 42.6 Å². The van der Waals surface area contributed by atoms with Gasteiger partial charge >= 0.3 is 0 Å². The first-order chi connectivity index (χ1) is 13.8. The van der Waals surface area contributed by atoms with Crippen molar-refractivity contribution in [1.82, 2.24) is 9.78 Å². The molecule has 0 aliphatic carbocycles. The molecule has 0 radical (unpaired) electrons. The number of anilines is 1. The molecule has 0 spiro atoms. The maximum atomic E-state index is 14.4. The monoisotopic (exact) mass is 443 g/mol. The van der Waals surface area contributed by atoms with Crippen molar-refractivity contribution in [3.05, 3.63) is 69.7 Å². The quantitative estimate of drug-likeness (QED) is 0.484. The Morgan fingerprint density at radius 3 is 2.45 bits per heavy atom. The number of carbonyl (C=O) groups is 1. The van der Waals surface area contributed by atoms with Gasteiger partial charge in [-0.3, -0.25) is 9.48 Å². The van der Waals surface area contributed by atoms with Gasteiger partial charge in [0.15, 0.2) is 0 Å². The molecule has 1 aromatic heterocycles. The highest BCUT2D eigenvalue weighted by Gasteiger charge is 2.24. The van der Waals surface area contributed by atoms with Crippen molar-refractivity contribution in [3.63, 3.8) is 0 Å². The number of benzene rings is 2. The molecule has 9 heteroatoms. The number of para-hydroxylation sites is 1. The summed E-state index contributed by atoms with van der Waals surface area (Å²) in [6.45, 7) is 4.00. The smallest absolute Gasteiger partial charge is 0.282 e. The fourth-order valence-electron chi connectivity index (χ4n) is 2.58. The van der Waals surface area contributed by atoms with Crippen molar-refractivity contribution in [3.8, 4) is 11.1 Å². The van der Waals surface area contributed by atoms with Gasteiger partial charge in [0.05, 0.1) is 21.3 Å². The zero-order valence-corrected chi connectivity index (χ0v) is 17.3. The number of nitrogens with zero attached hydrogens (tertiary/aromatic N) is 2. The molecule has 0 unspecified atom stereocenters. The van der Waals surface area contributed by atoms with E-state index in [9.17, 15) is 18.0 Å². The number of hydrogen-bond acceptors (Lipinski definition) is 2. The number of alkyl halides is 2. The normalized spacial score (nSPS) is 10.5. The lowest BCUT2D eigenvalue weighted by atomic mass is 10.0. The fourth-order valence-corrected chi connectivity index (χ4v) is 2.88. The third-order valence-corrected chi connectivity index (χ3v) is 4.53. The number of halogens is 5. The van der Waals surface area contributed by atoms with E-state index < -0.39 is 23.8 Å². The van der Waals surface area contributed by atoms with Crippen LogP contribution in [-0.4, -0.2) is 15.7 Å². The van der Waals surface area contributed by atoms with Crippen LogP contribution >= 0.6 is 23.2 Å². The molecule has 2 aromatic carbocycles. The van der Waals surface area contributed by atoms with Gasteiger partial charge in [-0.25, -0.2) is 13.2 Å². The van der Waals surface area contributed by atoms with E-state index in [1.165, 1.54) is 25.2 Å². The Hall–Kier alpha value is -2.51. The Labute approximate surface area is 176 Å². The molecule has 3 aromatic rings. The van der Waals surface area contributed by atoms with Crippen molar-refractivity contribution in [2.24, 2.45) is 7.05 Å². The molecular formula is C20H18Cl2F3N3O. The molecule has 0 saturated carbocycles. The van der Waals surface area contributed by atoms with Gasteiger partial charge in [0, 0.05) is 18.8 Å². The van der Waals surface area contributed by atoms with Crippen molar-refractivity contribution in [2.75, 3.05) is 5.32 Å². The summed E-state index contributed by atoms with van der Waals surface area (Å²) in [6.07, 6.45) is -1.79. The Morgan fingerprint density at radius 2 is 1.83 bits per heavy atom. The summed E-state index contributed by atoms with van der Waals surface area (Å²) in [5.41, 5.74) is -0.355. The van der Waals surface area contributed by atoms with Crippen LogP contribution in [0.5, 0.6) is 0 Å². The maximum Gasteiger partial charge on any atom is 0.282 e. The topological polar surface area (TPSA) is 46.9 Å². The molecule has 1 amide bonds. The minimum atomic E-state index is -2.94. The molecule has 3 rings (SSSR count). The number of amides is 1. The van der Waals surface area contributed by atoms with Crippen molar-refractivity contribution in [1.29, 1.82) is 0 Å². The van der Waals surface area contributed by atoms with E-state index in [-0.39, 0.29) is 16.3 Å². The van der Waals surface area contributed by atoms with Gasteiger partial charge in [0.1, 0.15) is 11.5 Å². The first-order valence-corrected chi connectivity index (χ1v) is 9.40. The van der Waals surface area contributed by atoms with Crippen LogP contribution in [0.25, 0.3) is 11.1 Å². The highest BCUT2D eigenvalue weighted by Crippen LogP contribution is 2.34. The molecule has 0 aliphatic rings. The van der Waals surface area contributed by atoms with Crippen LogP contribution in [0.2, 0.25) is 10.0 Å². The van der Waals surface area contributed by atoms with Crippen LogP contribution in [0.4, 0.5) is 18.9 Å². The number of aryl methyl sites for hydroxylation is 1. The standard InChI is InChI=1S/C18H12Cl2F3N3O.C2H6/c1-26-8-11(16(25-26)17(22)23)18(27)24-15-10(3-2-4-14(15)21)9-5-6-12(19)13(20)7-9;1-2/h2-8,17H,1H3,(H,24,27);1-2H3. The number of nitrogens with one attached hydrogen (secondary N) is 1. The average Bonchev–Trinajstić information content (AvgIpc) is 3.09. The van der Waals surface area contributed by atoms with E-state index in [0.29, 0.717) is 16.1 Å². The van der Waals surface area contributed by atoms with Gasteiger partial charge < -0.3 is 5.32 Å². The Balaban J connectivity index is 0.00000145. The molecule has 0 fully saturated rings. The maximum absolute atomic E-state index is 14.4. The molecule has 0 atom stereocenters. The molecule has 29 heavy (non-hydrogen) atoms. The Bertz CT molecular complexity index is 1020. The lowest BCUT2D eigenvalue weighted by Gasteiger charge is -2.13. The van der Waals surface area contributed by atoms with E-state index in [2.05, 4.69) is 10.4 Å². The molecule has 1 N–H and O–H groups in total. The van der Waals surface area contributed by atoms with Crippen LogP contribution in [0, 0.1) is 5.82 Å². The number of carbonyl (C=O) groups excluding carboxylic acids is 1. The molecular weight excluding hydrogens is 426 g/mol. The zero-order valence-electron chi connectivity index (χ0n) is 15.8. The van der Waals surface area contributed by atoms with Gasteiger partial charge in [-0.15, -0.1) is 0 Å². The van der Waals surface area contributed by atoms with Crippen LogP contribution in [0.1, 0.15) is 36.3 Å². The second kappa shape index (κ2) is 9.80. The van der Waals surface area contributed by atoms with Gasteiger partial charge in [0.25, 0.3) is 12.3 Å². The van der Waals surface area contributed by atoms with E-state index >= 15 is 0 Å². The lowest BCUT2D eigenvalue weighted by molar-refractivity contribution is 0.101. The molecule has 0 bridgehead atoms. The fraction of sp³-hybridized carbons (Fsp3) is 0.200. The molecule has 154 valence electrons. The van der Waals surface area contributed by atoms with Crippen molar-refractivity contribution in [2.45, 2.75) is 20.3 Å². The lowest BCUT2D eigenvalue weighted by Crippen LogP contribution is -2.15. The van der Waals surface area contributed by atoms with Crippen molar-refractivity contribution >= 4 is 34.8 Å². The first kappa shape index (κ1) is 22.8. The van der Waals surface area contributed by atoms with E-state index in [1.54, 1.807) is 12.1 Å². The van der Waals surface area contributed by atoms with Gasteiger partial charge in [0.2, 0.25) is 0 Å². The summed E-state index contributed by atoms with van der Waals surface area (Å²) >= 11 is 11.9. The Morgan fingerprint density at radius 1 is 1.14 bits per heavy atom. The summed E-state index contributed by atoms with van der Waals surface area (Å²) < 4.78 is 41.7. The highest BCUT2D eigenvalue weighted by molar-refractivity contribution is 6.42. The number of rotatable bonds is 4. The number of aromatic nitrogens is 2. The Kier molecular flexibility index (Phi) is 7.70. The highest BCUT2D eigenvalue weighted by atomic mass is 35.5. The molecule has 4 nitrogen and oxygen atoms in total. The average molecular weight is 444 g/mol. The molecule has 1 heterocycles. The summed E-state index contributed by atoms with van der Waals surface area (Å²) in [4.78, 5) is 12.5. The second-order valence-corrected chi connectivity index (χ2v) is 6.46. The largest absolute Gasteiger partial charge is 0.319 e. The molecule has 0 saturated heterocycles. The van der Waals surface area contributed by atoms with Crippen LogP contribution in [0.3, 0.4) is 0 Å². The summed E-state index contributed by atoms with van der Waals surface area (Å²) in [5.74, 6) is -1.63. The summed E-state index contributed by atoms with van der Waals surface area (Å²) in [6, 6.07) is 8.82. The molecule has 0 aliphatic heterocycles. The second-order valence-electron chi connectivity index (χ2n) is 5.65. The van der Waals surface area contributed by atoms with Gasteiger partial charge in [-0.05, 0) is 23.8 Å². The minimum Gasteiger partial charge on any atom is -0.319 e. The summed E-state index contributed by atoms with van der Waals surface area (Å²) in [7, 11) is 1.41. The number of hydrogen-bond donors (Lipinski definition) is 1. The van der Waals surface area contributed by atoms with Gasteiger partial charge in [-0.1, -0.05) is 55.2 Å². The van der Waals surface area contributed by atoms with E-state index in [4.69, 9.17) is 23.2 Å². The summed E-state index contributed by atoms with van der Waals surface area (Å²) in [5, 5.41) is 6.51. The minimum absolute atomic E-state index is 0.162. The van der Waals surface area contributed by atoms with Crippen LogP contribution < -0.4 is 5.32 Å². The van der Waals surface area contributed by atoms with E-state index in [1.807, 2.05) is 13.8 Å².